The van der Waals surface area contributed by atoms with Crippen molar-refractivity contribution in [3.63, 3.8) is 0 Å². The van der Waals surface area contributed by atoms with Crippen LogP contribution in [0.25, 0.3) is 0 Å². The van der Waals surface area contributed by atoms with Gasteiger partial charge in [-0.25, -0.2) is 9.97 Å². The third kappa shape index (κ3) is 4.46. The van der Waals surface area contributed by atoms with Crippen LogP contribution in [0.1, 0.15) is 20.8 Å². The molecule has 9 nitrogen and oxygen atoms in total. The SMILES string of the molecule is COc1ccc(Nc2ncnc(NC(C)(C)C)c2[N+](=O)[O-])c(OC)c1. The summed E-state index contributed by atoms with van der Waals surface area (Å²) >= 11 is 0. The van der Waals surface area contributed by atoms with Gasteiger partial charge >= 0.3 is 5.69 Å². The summed E-state index contributed by atoms with van der Waals surface area (Å²) in [6, 6.07) is 5.08. The minimum Gasteiger partial charge on any atom is -0.497 e. The van der Waals surface area contributed by atoms with Gasteiger partial charge in [0.05, 0.1) is 24.8 Å². The Morgan fingerprint density at radius 2 is 1.80 bits per heavy atom. The third-order valence-corrected chi connectivity index (χ3v) is 3.16. The molecule has 2 aromatic rings. The fraction of sp³-hybridized carbons (Fsp3) is 0.375. The lowest BCUT2D eigenvalue weighted by atomic mass is 10.1. The molecule has 0 aliphatic rings. The van der Waals surface area contributed by atoms with Crippen LogP contribution in [0.5, 0.6) is 11.5 Å². The fourth-order valence-electron chi connectivity index (χ4n) is 2.12. The molecule has 1 aromatic carbocycles. The molecule has 1 heterocycles. The molecule has 9 heteroatoms. The van der Waals surface area contributed by atoms with Crippen LogP contribution in [0.3, 0.4) is 0 Å². The first-order valence-corrected chi connectivity index (χ1v) is 7.52. The average molecular weight is 347 g/mol. The molecule has 0 bridgehead atoms. The van der Waals surface area contributed by atoms with Crippen LogP contribution in [-0.2, 0) is 0 Å². The number of nitrogens with zero attached hydrogens (tertiary/aromatic N) is 3. The molecule has 25 heavy (non-hydrogen) atoms. The van der Waals surface area contributed by atoms with E-state index in [1.807, 2.05) is 20.8 Å². The second-order valence-corrected chi connectivity index (χ2v) is 6.24. The van der Waals surface area contributed by atoms with Crippen LogP contribution in [0.2, 0.25) is 0 Å². The Balaban J connectivity index is 2.46. The quantitative estimate of drug-likeness (QED) is 0.604. The van der Waals surface area contributed by atoms with Crippen LogP contribution < -0.4 is 20.1 Å². The van der Waals surface area contributed by atoms with Gasteiger partial charge in [-0.05, 0) is 32.9 Å². The van der Waals surface area contributed by atoms with Crippen molar-refractivity contribution in [2.75, 3.05) is 24.9 Å². The van der Waals surface area contributed by atoms with Crippen molar-refractivity contribution in [2.45, 2.75) is 26.3 Å². The summed E-state index contributed by atoms with van der Waals surface area (Å²) in [5.41, 5.74) is -0.115. The highest BCUT2D eigenvalue weighted by Crippen LogP contribution is 2.36. The zero-order chi connectivity index (χ0) is 18.6. The molecule has 0 atom stereocenters. The normalized spacial score (nSPS) is 10.9. The highest BCUT2D eigenvalue weighted by molar-refractivity contribution is 5.76. The number of nitro groups is 1. The van der Waals surface area contributed by atoms with Gasteiger partial charge in [-0.2, -0.15) is 0 Å². The van der Waals surface area contributed by atoms with E-state index in [9.17, 15) is 10.1 Å². The Morgan fingerprint density at radius 1 is 1.12 bits per heavy atom. The van der Waals surface area contributed by atoms with Crippen molar-refractivity contribution < 1.29 is 14.4 Å². The number of aromatic nitrogens is 2. The molecule has 2 N–H and O–H groups in total. The van der Waals surface area contributed by atoms with Crippen LogP contribution >= 0.6 is 0 Å². The van der Waals surface area contributed by atoms with E-state index in [-0.39, 0.29) is 17.3 Å². The van der Waals surface area contributed by atoms with Crippen molar-refractivity contribution in [1.82, 2.24) is 9.97 Å². The predicted octanol–water partition coefficient (Wildman–Crippen LogP) is 3.36. The molecule has 0 spiro atoms. The van der Waals surface area contributed by atoms with Gasteiger partial charge in [-0.3, -0.25) is 10.1 Å². The van der Waals surface area contributed by atoms with Gasteiger partial charge in [0.15, 0.2) is 0 Å². The standard InChI is InChI=1S/C16H21N5O4/c1-16(2,3)20-15-13(21(22)23)14(17-9-18-15)19-11-7-6-10(24-4)8-12(11)25-5/h6-9H,1-5H3,(H2,17,18,19,20). The first-order chi connectivity index (χ1) is 11.7. The maximum Gasteiger partial charge on any atom is 0.353 e. The third-order valence-electron chi connectivity index (χ3n) is 3.16. The van der Waals surface area contributed by atoms with Gasteiger partial charge < -0.3 is 20.1 Å². The Labute approximate surface area is 145 Å². The molecule has 0 unspecified atom stereocenters. The van der Waals surface area contributed by atoms with Crippen molar-refractivity contribution in [1.29, 1.82) is 0 Å². The molecule has 0 fully saturated rings. The van der Waals surface area contributed by atoms with Crippen molar-refractivity contribution in [2.24, 2.45) is 0 Å². The first-order valence-electron chi connectivity index (χ1n) is 7.52. The largest absolute Gasteiger partial charge is 0.497 e. The van der Waals surface area contributed by atoms with E-state index in [4.69, 9.17) is 9.47 Å². The maximum absolute atomic E-state index is 11.6. The lowest BCUT2D eigenvalue weighted by Crippen LogP contribution is -2.27. The van der Waals surface area contributed by atoms with Crippen LogP contribution in [0.4, 0.5) is 23.0 Å². The average Bonchev–Trinajstić information content (AvgIpc) is 2.53. The van der Waals surface area contributed by atoms with Crippen molar-refractivity contribution in [3.05, 3.63) is 34.6 Å². The lowest BCUT2D eigenvalue weighted by Gasteiger charge is -2.21. The van der Waals surface area contributed by atoms with Crippen molar-refractivity contribution >= 4 is 23.0 Å². The molecule has 1 aromatic heterocycles. The summed E-state index contributed by atoms with van der Waals surface area (Å²) in [6.07, 6.45) is 1.26. The molecule has 0 aliphatic heterocycles. The lowest BCUT2D eigenvalue weighted by molar-refractivity contribution is -0.383. The smallest absolute Gasteiger partial charge is 0.353 e. The van der Waals surface area contributed by atoms with Crippen LogP contribution in [0, 0.1) is 10.1 Å². The Hall–Kier alpha value is -3.10. The Kier molecular flexibility index (Phi) is 5.26. The minimum absolute atomic E-state index is 0.0650. The zero-order valence-corrected chi connectivity index (χ0v) is 14.8. The van der Waals surface area contributed by atoms with E-state index in [1.54, 1.807) is 25.3 Å². The summed E-state index contributed by atoms with van der Waals surface area (Å²) in [5.74, 6) is 1.28. The number of nitrogens with one attached hydrogen (secondary N) is 2. The monoisotopic (exact) mass is 347 g/mol. The topological polar surface area (TPSA) is 111 Å². The summed E-state index contributed by atoms with van der Waals surface area (Å²) in [7, 11) is 3.04. The first kappa shape index (κ1) is 18.2. The van der Waals surface area contributed by atoms with Gasteiger partial charge in [-0.1, -0.05) is 0 Å². The molecule has 0 aliphatic carbocycles. The molecule has 134 valence electrons. The van der Waals surface area contributed by atoms with E-state index < -0.39 is 10.5 Å². The molecule has 0 saturated heterocycles. The van der Waals surface area contributed by atoms with E-state index >= 15 is 0 Å². The second kappa shape index (κ2) is 7.20. The van der Waals surface area contributed by atoms with Crippen molar-refractivity contribution in [3.8, 4) is 11.5 Å². The molecular weight excluding hydrogens is 326 g/mol. The summed E-state index contributed by atoms with van der Waals surface area (Å²) in [4.78, 5) is 19.1. The second-order valence-electron chi connectivity index (χ2n) is 6.24. The van der Waals surface area contributed by atoms with Gasteiger partial charge in [-0.15, -0.1) is 0 Å². The van der Waals surface area contributed by atoms with E-state index in [0.29, 0.717) is 17.2 Å². The summed E-state index contributed by atoms with van der Waals surface area (Å²) in [5, 5.41) is 17.5. The number of ether oxygens (including phenoxy) is 2. The number of benzene rings is 1. The van der Waals surface area contributed by atoms with E-state index in [0.717, 1.165) is 0 Å². The van der Waals surface area contributed by atoms with Crippen LogP contribution in [-0.4, -0.2) is 34.6 Å². The van der Waals surface area contributed by atoms with E-state index in [1.165, 1.54) is 13.4 Å². The van der Waals surface area contributed by atoms with Crippen LogP contribution in [0.15, 0.2) is 24.5 Å². The highest BCUT2D eigenvalue weighted by Gasteiger charge is 2.26. The zero-order valence-electron chi connectivity index (χ0n) is 14.8. The molecular formula is C16H21N5O4. The fourth-order valence-corrected chi connectivity index (χ4v) is 2.12. The number of hydrogen-bond donors (Lipinski definition) is 2. The van der Waals surface area contributed by atoms with Gasteiger partial charge in [0.1, 0.15) is 17.8 Å². The summed E-state index contributed by atoms with van der Waals surface area (Å²) < 4.78 is 10.4. The number of methoxy groups -OCH3 is 2. The van der Waals surface area contributed by atoms with Gasteiger partial charge in [0.25, 0.3) is 0 Å². The Bertz CT molecular complexity index is 774. The van der Waals surface area contributed by atoms with Gasteiger partial charge in [0, 0.05) is 11.6 Å². The van der Waals surface area contributed by atoms with E-state index in [2.05, 4.69) is 20.6 Å². The number of hydrogen-bond acceptors (Lipinski definition) is 8. The molecule has 0 radical (unpaired) electrons. The summed E-state index contributed by atoms with van der Waals surface area (Å²) in [6.45, 7) is 5.66. The number of anilines is 3. The highest BCUT2D eigenvalue weighted by atomic mass is 16.6. The number of rotatable bonds is 6. The minimum atomic E-state index is -0.521. The molecule has 2 rings (SSSR count). The Morgan fingerprint density at radius 3 is 2.36 bits per heavy atom. The molecule has 0 saturated carbocycles. The predicted molar refractivity (Wildman–Crippen MR) is 94.9 cm³/mol. The maximum atomic E-state index is 11.6. The molecule has 0 amide bonds. The van der Waals surface area contributed by atoms with Gasteiger partial charge in [0.2, 0.25) is 11.6 Å².